The molecule has 84 valence electrons. The Kier molecular flexibility index (Phi) is 2.07. The Hall–Kier alpha value is -1.62. The Labute approximate surface area is 92.4 Å². The number of ether oxygens (including phenoxy) is 1. The highest BCUT2D eigenvalue weighted by Gasteiger charge is 2.24. The fourth-order valence-corrected chi connectivity index (χ4v) is 2.26. The van der Waals surface area contributed by atoms with Crippen LogP contribution in [0.3, 0.4) is 0 Å². The number of nitrogens with zero attached hydrogens (tertiary/aromatic N) is 2. The molecule has 0 amide bonds. The fraction of sp³-hybridized carbons (Fsp3) is 0.455. The van der Waals surface area contributed by atoms with E-state index < -0.39 is 0 Å². The Bertz CT molecular complexity index is 537. The number of aromatic nitrogens is 3. The van der Waals surface area contributed by atoms with E-state index in [1.165, 1.54) is 0 Å². The van der Waals surface area contributed by atoms with Crippen LogP contribution in [0.5, 0.6) is 0 Å². The first-order valence-electron chi connectivity index (χ1n) is 5.40. The molecule has 1 fully saturated rings. The van der Waals surface area contributed by atoms with Gasteiger partial charge in [-0.15, -0.1) is 0 Å². The summed E-state index contributed by atoms with van der Waals surface area (Å²) in [5.41, 5.74) is 2.46. The van der Waals surface area contributed by atoms with Crippen molar-refractivity contribution in [2.45, 2.75) is 19.4 Å². The van der Waals surface area contributed by atoms with Crippen molar-refractivity contribution in [3.05, 3.63) is 28.3 Å². The van der Waals surface area contributed by atoms with Crippen molar-refractivity contribution < 1.29 is 4.74 Å². The minimum Gasteiger partial charge on any atom is -0.379 e. The number of nitrogens with one attached hydrogen (secondary N) is 1. The normalized spacial score (nSPS) is 20.7. The number of rotatable bonds is 1. The Morgan fingerprint density at radius 2 is 2.50 bits per heavy atom. The molecule has 5 heteroatoms. The molecule has 1 unspecified atom stereocenters. The molecule has 3 heterocycles. The minimum atomic E-state index is -0.172. The number of H-pyrrole nitrogens is 1. The lowest BCUT2D eigenvalue weighted by Crippen LogP contribution is -2.15. The standard InChI is InChI=1S/C11H13N3O2/c1-7-4-12-11(15)9-5-13-14(10(7)9)8-2-3-16-6-8/h4-5,8,13H,2-3,6H2,1H3. The summed E-state index contributed by atoms with van der Waals surface area (Å²) in [6, 6.07) is 0.304. The number of aryl methyl sites for hydroxylation is 1. The molecule has 0 radical (unpaired) electrons. The maximum absolute atomic E-state index is 11.6. The molecule has 5 nitrogen and oxygen atoms in total. The molecule has 1 saturated heterocycles. The molecule has 0 aromatic heterocycles. The monoisotopic (exact) mass is 219 g/mol. The van der Waals surface area contributed by atoms with Crippen LogP contribution in [0, 0.1) is 6.92 Å². The molecule has 0 bridgehead atoms. The van der Waals surface area contributed by atoms with Gasteiger partial charge in [0.05, 0.1) is 23.9 Å². The third kappa shape index (κ3) is 1.28. The third-order valence-electron chi connectivity index (χ3n) is 3.09. The SMILES string of the molecule is Cc1cnc(=O)c2c[nH]n(C3CCOC3)c1-2. The quantitative estimate of drug-likeness (QED) is 0.776. The van der Waals surface area contributed by atoms with E-state index in [1.807, 2.05) is 11.6 Å². The molecular weight excluding hydrogens is 206 g/mol. The van der Waals surface area contributed by atoms with Gasteiger partial charge < -0.3 is 9.84 Å². The zero-order chi connectivity index (χ0) is 11.1. The molecule has 3 rings (SSSR count). The molecule has 0 spiro atoms. The van der Waals surface area contributed by atoms with Crippen LogP contribution in [0.25, 0.3) is 11.3 Å². The van der Waals surface area contributed by atoms with E-state index in [0.29, 0.717) is 18.2 Å². The number of pyridine rings is 1. The van der Waals surface area contributed by atoms with Crippen LogP contribution in [-0.2, 0) is 4.74 Å². The van der Waals surface area contributed by atoms with Gasteiger partial charge in [0.15, 0.2) is 0 Å². The molecule has 3 aliphatic heterocycles. The first kappa shape index (κ1) is 9.59. The molecule has 3 aliphatic rings. The van der Waals surface area contributed by atoms with Crippen LogP contribution in [0.2, 0.25) is 0 Å². The lowest BCUT2D eigenvalue weighted by molar-refractivity contribution is 0.185. The van der Waals surface area contributed by atoms with Crippen LogP contribution in [0.15, 0.2) is 17.2 Å². The van der Waals surface area contributed by atoms with Crippen LogP contribution in [0.4, 0.5) is 0 Å². The van der Waals surface area contributed by atoms with Crippen molar-refractivity contribution >= 4 is 0 Å². The maximum Gasteiger partial charge on any atom is 0.280 e. The first-order valence-corrected chi connectivity index (χ1v) is 5.40. The first-order chi connectivity index (χ1) is 7.77. The van der Waals surface area contributed by atoms with Gasteiger partial charge in [-0.1, -0.05) is 0 Å². The highest BCUT2D eigenvalue weighted by Crippen LogP contribution is 2.27. The van der Waals surface area contributed by atoms with E-state index in [0.717, 1.165) is 24.3 Å². The Morgan fingerprint density at radius 3 is 3.25 bits per heavy atom. The minimum absolute atomic E-state index is 0.172. The van der Waals surface area contributed by atoms with E-state index in [9.17, 15) is 4.79 Å². The summed E-state index contributed by atoms with van der Waals surface area (Å²) >= 11 is 0. The lowest BCUT2D eigenvalue weighted by atomic mass is 10.1. The van der Waals surface area contributed by atoms with Crippen molar-refractivity contribution in [2.24, 2.45) is 0 Å². The second-order valence-electron chi connectivity index (χ2n) is 4.17. The number of hydrogen-bond acceptors (Lipinski definition) is 3. The van der Waals surface area contributed by atoms with Crippen molar-refractivity contribution in [3.63, 3.8) is 0 Å². The van der Waals surface area contributed by atoms with Crippen molar-refractivity contribution in [1.82, 2.24) is 14.8 Å². The van der Waals surface area contributed by atoms with Gasteiger partial charge in [0, 0.05) is 19.0 Å². The molecule has 0 aromatic carbocycles. The maximum atomic E-state index is 11.6. The van der Waals surface area contributed by atoms with Crippen molar-refractivity contribution in [1.29, 1.82) is 0 Å². The fourth-order valence-electron chi connectivity index (χ4n) is 2.26. The van der Waals surface area contributed by atoms with E-state index in [1.54, 1.807) is 12.4 Å². The summed E-state index contributed by atoms with van der Waals surface area (Å²) < 4.78 is 7.39. The van der Waals surface area contributed by atoms with Crippen LogP contribution in [0.1, 0.15) is 18.0 Å². The third-order valence-corrected chi connectivity index (χ3v) is 3.09. The second-order valence-corrected chi connectivity index (χ2v) is 4.17. The summed E-state index contributed by atoms with van der Waals surface area (Å²) in [6.45, 7) is 3.46. The smallest absolute Gasteiger partial charge is 0.280 e. The second kappa shape index (κ2) is 3.45. The van der Waals surface area contributed by atoms with E-state index in [4.69, 9.17) is 4.74 Å². The highest BCUT2D eigenvalue weighted by atomic mass is 16.5. The molecule has 0 aromatic rings. The Morgan fingerprint density at radius 1 is 1.62 bits per heavy atom. The van der Waals surface area contributed by atoms with Gasteiger partial charge in [-0.2, -0.15) is 0 Å². The number of aromatic amines is 1. The predicted octanol–water partition coefficient (Wildman–Crippen LogP) is 0.946. The molecule has 1 N–H and O–H groups in total. The number of fused-ring (bicyclic) bond motifs is 1. The molecule has 1 atom stereocenters. The molecule has 0 saturated carbocycles. The average molecular weight is 219 g/mol. The van der Waals surface area contributed by atoms with Gasteiger partial charge in [-0.25, -0.2) is 4.98 Å². The van der Waals surface area contributed by atoms with Crippen LogP contribution >= 0.6 is 0 Å². The zero-order valence-electron chi connectivity index (χ0n) is 9.06. The van der Waals surface area contributed by atoms with Crippen molar-refractivity contribution in [2.75, 3.05) is 13.2 Å². The van der Waals surface area contributed by atoms with Gasteiger partial charge in [0.2, 0.25) is 0 Å². The van der Waals surface area contributed by atoms with Gasteiger partial charge in [-0.3, -0.25) is 9.48 Å². The van der Waals surface area contributed by atoms with Gasteiger partial charge in [-0.05, 0) is 18.9 Å². The van der Waals surface area contributed by atoms with E-state index in [2.05, 4.69) is 10.1 Å². The van der Waals surface area contributed by atoms with Crippen LogP contribution in [-0.4, -0.2) is 28.0 Å². The largest absolute Gasteiger partial charge is 0.379 e. The summed E-state index contributed by atoms with van der Waals surface area (Å²) in [5.74, 6) is 0. The summed E-state index contributed by atoms with van der Waals surface area (Å²) in [6.07, 6.45) is 4.34. The summed E-state index contributed by atoms with van der Waals surface area (Å²) in [4.78, 5) is 15.4. The van der Waals surface area contributed by atoms with Crippen LogP contribution < -0.4 is 5.56 Å². The average Bonchev–Trinajstić information content (AvgIpc) is 2.90. The Balaban J connectivity index is 2.18. The van der Waals surface area contributed by atoms with E-state index in [-0.39, 0.29) is 5.56 Å². The zero-order valence-corrected chi connectivity index (χ0v) is 9.06. The topological polar surface area (TPSA) is 59.9 Å². The van der Waals surface area contributed by atoms with Gasteiger partial charge in [0.1, 0.15) is 0 Å². The van der Waals surface area contributed by atoms with E-state index >= 15 is 0 Å². The summed E-state index contributed by atoms with van der Waals surface area (Å²) in [7, 11) is 0. The summed E-state index contributed by atoms with van der Waals surface area (Å²) in [5, 5.41) is 3.13. The lowest BCUT2D eigenvalue weighted by Gasteiger charge is -2.14. The number of hydrogen-bond donors (Lipinski definition) is 1. The molecular formula is C11H13N3O2. The predicted molar refractivity (Wildman–Crippen MR) is 58.7 cm³/mol. The van der Waals surface area contributed by atoms with Gasteiger partial charge in [0.25, 0.3) is 5.56 Å². The van der Waals surface area contributed by atoms with Gasteiger partial charge >= 0.3 is 0 Å². The van der Waals surface area contributed by atoms with Crippen molar-refractivity contribution in [3.8, 4) is 11.3 Å². The molecule has 0 aliphatic carbocycles. The highest BCUT2D eigenvalue weighted by molar-refractivity contribution is 5.62. The molecule has 16 heavy (non-hydrogen) atoms.